The van der Waals surface area contributed by atoms with E-state index in [1.54, 1.807) is 9.80 Å². The molecular weight excluding hydrogens is 451 g/mol. The summed E-state index contributed by atoms with van der Waals surface area (Å²) in [5, 5.41) is 2.75. The van der Waals surface area contributed by atoms with Crippen molar-refractivity contribution in [3.8, 4) is 10.6 Å². The lowest BCUT2D eigenvalue weighted by atomic mass is 10.1. The molecule has 0 radical (unpaired) electrons. The number of hydrogen-bond acceptors (Lipinski definition) is 4. The Hall–Kier alpha value is -3.20. The first-order valence-electron chi connectivity index (χ1n) is 10.5. The van der Waals surface area contributed by atoms with Crippen LogP contribution in [0.15, 0.2) is 53.9 Å². The number of aromatic nitrogens is 1. The zero-order chi connectivity index (χ0) is 23.6. The highest BCUT2D eigenvalue weighted by Crippen LogP contribution is 2.29. The number of alkyl halides is 3. The second kappa shape index (κ2) is 9.35. The molecule has 0 aliphatic carbocycles. The Kier molecular flexibility index (Phi) is 6.51. The number of rotatable bonds is 4. The molecule has 0 unspecified atom stereocenters. The number of piperazine rings is 1. The molecule has 3 aromatic rings. The van der Waals surface area contributed by atoms with Crippen LogP contribution < -0.4 is 0 Å². The Bertz CT molecular complexity index is 1130. The summed E-state index contributed by atoms with van der Waals surface area (Å²) in [5.74, 6) is -0.393. The zero-order valence-electron chi connectivity index (χ0n) is 17.9. The van der Waals surface area contributed by atoms with Crippen LogP contribution in [0, 0.1) is 6.92 Å². The summed E-state index contributed by atoms with van der Waals surface area (Å²) in [5.41, 5.74) is 2.31. The fraction of sp³-hybridized carbons (Fsp3) is 0.292. The third-order valence-corrected chi connectivity index (χ3v) is 6.50. The molecule has 0 spiro atoms. The van der Waals surface area contributed by atoms with Crippen LogP contribution in [-0.2, 0) is 17.4 Å². The van der Waals surface area contributed by atoms with Crippen molar-refractivity contribution in [2.24, 2.45) is 0 Å². The Balaban J connectivity index is 1.31. The quantitative estimate of drug-likeness (QED) is 0.554. The van der Waals surface area contributed by atoms with E-state index in [2.05, 4.69) is 4.98 Å². The Morgan fingerprint density at radius 3 is 2.15 bits per heavy atom. The maximum atomic E-state index is 12.7. The maximum Gasteiger partial charge on any atom is 0.416 e. The van der Waals surface area contributed by atoms with Gasteiger partial charge in [-0.15, -0.1) is 11.3 Å². The van der Waals surface area contributed by atoms with E-state index in [0.717, 1.165) is 22.7 Å². The summed E-state index contributed by atoms with van der Waals surface area (Å²) in [6.07, 6.45) is -4.25. The Morgan fingerprint density at radius 1 is 0.939 bits per heavy atom. The summed E-state index contributed by atoms with van der Waals surface area (Å²) in [7, 11) is 0. The van der Waals surface area contributed by atoms with Crippen LogP contribution >= 0.6 is 11.3 Å². The van der Waals surface area contributed by atoms with Gasteiger partial charge in [-0.2, -0.15) is 13.2 Å². The summed E-state index contributed by atoms with van der Waals surface area (Å²) in [6, 6.07) is 12.3. The molecule has 1 aliphatic rings. The molecule has 1 aromatic heterocycles. The lowest BCUT2D eigenvalue weighted by Gasteiger charge is -2.34. The first-order chi connectivity index (χ1) is 15.7. The van der Waals surface area contributed by atoms with Crippen molar-refractivity contribution in [3.63, 3.8) is 0 Å². The van der Waals surface area contributed by atoms with Gasteiger partial charge in [-0.05, 0) is 31.2 Å². The molecule has 172 valence electrons. The van der Waals surface area contributed by atoms with Gasteiger partial charge in [-0.25, -0.2) is 4.98 Å². The van der Waals surface area contributed by atoms with Crippen LogP contribution in [0.25, 0.3) is 10.6 Å². The van der Waals surface area contributed by atoms with Crippen molar-refractivity contribution in [3.05, 3.63) is 76.3 Å². The smallest absolute Gasteiger partial charge is 0.339 e. The minimum Gasteiger partial charge on any atom is -0.339 e. The van der Waals surface area contributed by atoms with Crippen LogP contribution in [0.3, 0.4) is 0 Å². The minimum absolute atomic E-state index is 0.0580. The first kappa shape index (κ1) is 23.0. The van der Waals surface area contributed by atoms with Gasteiger partial charge in [0.2, 0.25) is 5.91 Å². The molecule has 0 atom stereocenters. The van der Waals surface area contributed by atoms with Crippen LogP contribution in [-0.4, -0.2) is 52.8 Å². The predicted molar refractivity (Wildman–Crippen MR) is 120 cm³/mol. The van der Waals surface area contributed by atoms with Gasteiger partial charge < -0.3 is 9.80 Å². The molecule has 9 heteroatoms. The van der Waals surface area contributed by atoms with Crippen molar-refractivity contribution in [1.29, 1.82) is 0 Å². The van der Waals surface area contributed by atoms with Gasteiger partial charge in [0.25, 0.3) is 5.91 Å². The zero-order valence-corrected chi connectivity index (χ0v) is 18.7. The van der Waals surface area contributed by atoms with Crippen LogP contribution in [0.1, 0.15) is 27.2 Å². The highest BCUT2D eigenvalue weighted by Gasteiger charge is 2.31. The molecule has 5 nitrogen and oxygen atoms in total. The molecule has 2 aromatic carbocycles. The summed E-state index contributed by atoms with van der Waals surface area (Å²) < 4.78 is 38.1. The molecule has 2 amide bonds. The Morgan fingerprint density at radius 2 is 1.55 bits per heavy atom. The second-order valence-corrected chi connectivity index (χ2v) is 8.79. The SMILES string of the molecule is Cc1ccc(-c2nc(CC(=O)N3CCN(C(=O)c4ccc(C(F)(F)F)cc4)CC3)cs2)cc1. The molecule has 0 saturated carbocycles. The highest BCUT2D eigenvalue weighted by atomic mass is 32.1. The normalized spacial score (nSPS) is 14.4. The number of thiazole rings is 1. The number of carbonyl (C=O) groups excluding carboxylic acids is 2. The molecule has 0 bridgehead atoms. The van der Waals surface area contributed by atoms with Gasteiger partial charge in [-0.1, -0.05) is 29.8 Å². The van der Waals surface area contributed by atoms with Gasteiger partial charge in [0.05, 0.1) is 17.7 Å². The maximum absolute atomic E-state index is 12.7. The topological polar surface area (TPSA) is 53.5 Å². The van der Waals surface area contributed by atoms with E-state index in [1.807, 2.05) is 36.6 Å². The third kappa shape index (κ3) is 5.42. The van der Waals surface area contributed by atoms with Gasteiger partial charge in [0, 0.05) is 42.7 Å². The molecule has 0 N–H and O–H groups in total. The van der Waals surface area contributed by atoms with Gasteiger partial charge in [0.15, 0.2) is 0 Å². The van der Waals surface area contributed by atoms with E-state index in [1.165, 1.54) is 29.0 Å². The minimum atomic E-state index is -4.44. The van der Waals surface area contributed by atoms with E-state index in [9.17, 15) is 22.8 Å². The average Bonchev–Trinajstić information content (AvgIpc) is 3.27. The van der Waals surface area contributed by atoms with E-state index >= 15 is 0 Å². The number of nitrogens with zero attached hydrogens (tertiary/aromatic N) is 3. The highest BCUT2D eigenvalue weighted by molar-refractivity contribution is 7.13. The molecular formula is C24H22F3N3O2S. The predicted octanol–water partition coefficient (Wildman–Crippen LogP) is 4.66. The number of hydrogen-bond donors (Lipinski definition) is 0. The first-order valence-corrected chi connectivity index (χ1v) is 11.3. The number of carbonyl (C=O) groups is 2. The third-order valence-electron chi connectivity index (χ3n) is 5.56. The number of aryl methyl sites for hydroxylation is 1. The fourth-order valence-electron chi connectivity index (χ4n) is 3.63. The van der Waals surface area contributed by atoms with Crippen molar-refractivity contribution in [1.82, 2.24) is 14.8 Å². The van der Waals surface area contributed by atoms with Crippen LogP contribution in [0.5, 0.6) is 0 Å². The van der Waals surface area contributed by atoms with E-state index in [4.69, 9.17) is 0 Å². The number of halogens is 3. The molecule has 4 rings (SSSR count). The van der Waals surface area contributed by atoms with E-state index in [-0.39, 0.29) is 23.8 Å². The van der Waals surface area contributed by atoms with Gasteiger partial charge >= 0.3 is 6.18 Å². The summed E-state index contributed by atoms with van der Waals surface area (Å²) >= 11 is 1.50. The molecule has 1 aliphatic heterocycles. The van der Waals surface area contributed by atoms with Crippen molar-refractivity contribution in [2.45, 2.75) is 19.5 Å². The van der Waals surface area contributed by atoms with Gasteiger partial charge in [-0.3, -0.25) is 9.59 Å². The molecule has 1 fully saturated rings. The van der Waals surface area contributed by atoms with E-state index < -0.39 is 11.7 Å². The lowest BCUT2D eigenvalue weighted by molar-refractivity contribution is -0.137. The monoisotopic (exact) mass is 473 g/mol. The van der Waals surface area contributed by atoms with Gasteiger partial charge in [0.1, 0.15) is 5.01 Å². The Labute approximate surface area is 193 Å². The summed E-state index contributed by atoms with van der Waals surface area (Å²) in [6.45, 7) is 3.43. The largest absolute Gasteiger partial charge is 0.416 e. The summed E-state index contributed by atoms with van der Waals surface area (Å²) in [4.78, 5) is 33.2. The standard InChI is InChI=1S/C24H22F3N3O2S/c1-16-2-4-17(5-3-16)22-28-20(15-33-22)14-21(31)29-10-12-30(13-11-29)23(32)18-6-8-19(9-7-18)24(25,26)27/h2-9,15H,10-14H2,1H3. The molecule has 2 heterocycles. The lowest BCUT2D eigenvalue weighted by Crippen LogP contribution is -2.51. The number of benzene rings is 2. The number of amides is 2. The molecule has 1 saturated heterocycles. The van der Waals surface area contributed by atoms with Crippen molar-refractivity contribution >= 4 is 23.2 Å². The van der Waals surface area contributed by atoms with E-state index in [0.29, 0.717) is 31.9 Å². The average molecular weight is 474 g/mol. The van der Waals surface area contributed by atoms with Crippen LogP contribution in [0.4, 0.5) is 13.2 Å². The van der Waals surface area contributed by atoms with Crippen molar-refractivity contribution < 1.29 is 22.8 Å². The van der Waals surface area contributed by atoms with Crippen LogP contribution in [0.2, 0.25) is 0 Å². The fourth-order valence-corrected chi connectivity index (χ4v) is 4.45. The van der Waals surface area contributed by atoms with Crippen molar-refractivity contribution in [2.75, 3.05) is 26.2 Å². The molecule has 33 heavy (non-hydrogen) atoms. The second-order valence-electron chi connectivity index (χ2n) is 7.93.